The lowest BCUT2D eigenvalue weighted by atomic mass is 9.85. The summed E-state index contributed by atoms with van der Waals surface area (Å²) in [5.41, 5.74) is 0.884. The summed E-state index contributed by atoms with van der Waals surface area (Å²) in [6.45, 7) is 11.2. The summed E-state index contributed by atoms with van der Waals surface area (Å²) in [4.78, 5) is 4.71. The van der Waals surface area contributed by atoms with E-state index in [0.29, 0.717) is 6.54 Å². The van der Waals surface area contributed by atoms with Crippen LogP contribution in [0, 0.1) is 5.82 Å². The summed E-state index contributed by atoms with van der Waals surface area (Å²) in [5, 5.41) is 14.6. The van der Waals surface area contributed by atoms with Gasteiger partial charge in [0.15, 0.2) is 5.96 Å². The Bertz CT molecular complexity index is 711. The highest BCUT2D eigenvalue weighted by atomic mass is 127. The van der Waals surface area contributed by atoms with Gasteiger partial charge in [0.1, 0.15) is 18.0 Å². The molecule has 0 aliphatic rings. The van der Waals surface area contributed by atoms with E-state index in [1.54, 1.807) is 6.33 Å². The zero-order valence-electron chi connectivity index (χ0n) is 16.5. The van der Waals surface area contributed by atoms with Crippen LogP contribution in [0.1, 0.15) is 39.1 Å². The fourth-order valence-corrected chi connectivity index (χ4v) is 2.65. The molecule has 2 N–H and O–H groups in total. The van der Waals surface area contributed by atoms with Crippen LogP contribution in [-0.4, -0.2) is 40.4 Å². The summed E-state index contributed by atoms with van der Waals surface area (Å²) in [5.74, 6) is 1.53. The van der Waals surface area contributed by atoms with Crippen molar-refractivity contribution >= 4 is 29.9 Å². The monoisotopic (exact) mass is 488 g/mol. The van der Waals surface area contributed by atoms with Gasteiger partial charge in [0, 0.05) is 31.5 Å². The maximum absolute atomic E-state index is 13.1. The van der Waals surface area contributed by atoms with Crippen LogP contribution in [0.2, 0.25) is 0 Å². The number of nitrogens with one attached hydrogen (secondary N) is 2. The van der Waals surface area contributed by atoms with Crippen LogP contribution in [-0.2, 0) is 18.4 Å². The first-order valence-corrected chi connectivity index (χ1v) is 9.11. The quantitative estimate of drug-likeness (QED) is 0.341. The van der Waals surface area contributed by atoms with Crippen molar-refractivity contribution in [2.45, 2.75) is 46.1 Å². The molecule has 0 aliphatic heterocycles. The van der Waals surface area contributed by atoms with Gasteiger partial charge in [-0.15, -0.1) is 34.2 Å². The molecule has 0 aliphatic carbocycles. The number of aromatic nitrogens is 3. The minimum absolute atomic E-state index is 0. The van der Waals surface area contributed by atoms with Gasteiger partial charge in [-0.1, -0.05) is 32.9 Å². The van der Waals surface area contributed by atoms with Crippen molar-refractivity contribution < 1.29 is 4.39 Å². The molecule has 0 fully saturated rings. The van der Waals surface area contributed by atoms with Gasteiger partial charge in [0.05, 0.1) is 6.54 Å². The first-order chi connectivity index (χ1) is 12.5. The number of aliphatic imine (C=N–C) groups is 1. The van der Waals surface area contributed by atoms with E-state index in [9.17, 15) is 4.39 Å². The number of rotatable bonds is 8. The van der Waals surface area contributed by atoms with Crippen LogP contribution in [0.15, 0.2) is 35.6 Å². The summed E-state index contributed by atoms with van der Waals surface area (Å²) >= 11 is 0. The molecule has 0 spiro atoms. The number of hydrogen-bond acceptors (Lipinski definition) is 3. The van der Waals surface area contributed by atoms with E-state index in [1.807, 2.05) is 23.6 Å². The average Bonchev–Trinajstić information content (AvgIpc) is 3.07. The van der Waals surface area contributed by atoms with Crippen molar-refractivity contribution in [1.82, 2.24) is 25.4 Å². The van der Waals surface area contributed by atoms with Crippen LogP contribution < -0.4 is 10.6 Å². The SMILES string of the molecule is CCNC(=NCC(C)(C)c1ccc(F)cc1)NCCn1cnnc1CC.I. The lowest BCUT2D eigenvalue weighted by Crippen LogP contribution is -2.40. The van der Waals surface area contributed by atoms with Gasteiger partial charge in [-0.05, 0) is 24.6 Å². The van der Waals surface area contributed by atoms with E-state index >= 15 is 0 Å². The second-order valence-electron chi connectivity index (χ2n) is 6.81. The summed E-state index contributed by atoms with van der Waals surface area (Å²) < 4.78 is 15.2. The third kappa shape index (κ3) is 7.08. The molecule has 27 heavy (non-hydrogen) atoms. The predicted octanol–water partition coefficient (Wildman–Crippen LogP) is 3.13. The molecule has 0 bridgehead atoms. The van der Waals surface area contributed by atoms with Gasteiger partial charge >= 0.3 is 0 Å². The second kappa shape index (κ2) is 11.2. The van der Waals surface area contributed by atoms with Crippen molar-refractivity contribution in [3.05, 3.63) is 47.8 Å². The number of halogens is 2. The molecule has 2 aromatic rings. The smallest absolute Gasteiger partial charge is 0.191 e. The molecule has 0 amide bonds. The fourth-order valence-electron chi connectivity index (χ4n) is 2.65. The third-order valence-electron chi connectivity index (χ3n) is 4.26. The van der Waals surface area contributed by atoms with Crippen LogP contribution in [0.25, 0.3) is 0 Å². The molecule has 0 radical (unpaired) electrons. The van der Waals surface area contributed by atoms with E-state index in [0.717, 1.165) is 43.4 Å². The Labute approximate surface area is 178 Å². The molecule has 6 nitrogen and oxygen atoms in total. The van der Waals surface area contributed by atoms with Gasteiger partial charge in [0.2, 0.25) is 0 Å². The Morgan fingerprint density at radius 3 is 2.52 bits per heavy atom. The molecule has 0 unspecified atom stereocenters. The first-order valence-electron chi connectivity index (χ1n) is 9.11. The van der Waals surface area contributed by atoms with Gasteiger partial charge in [-0.2, -0.15) is 0 Å². The lowest BCUT2D eigenvalue weighted by molar-refractivity contribution is 0.533. The van der Waals surface area contributed by atoms with E-state index in [4.69, 9.17) is 4.99 Å². The molecule has 1 aromatic carbocycles. The standard InChI is InChI=1S/C19H29FN6.HI/c1-5-17-25-24-14-26(17)12-11-22-18(21-6-2)23-13-19(3,4)15-7-9-16(20)10-8-15;/h7-10,14H,5-6,11-13H2,1-4H3,(H2,21,22,23);1H. The van der Waals surface area contributed by atoms with Crippen LogP contribution in [0.5, 0.6) is 0 Å². The number of aryl methyl sites for hydroxylation is 1. The van der Waals surface area contributed by atoms with Crippen molar-refractivity contribution in [2.75, 3.05) is 19.6 Å². The Kier molecular flexibility index (Phi) is 9.68. The minimum atomic E-state index is -0.219. The normalized spacial score (nSPS) is 11.8. The van der Waals surface area contributed by atoms with Gasteiger partial charge in [-0.25, -0.2) is 4.39 Å². The van der Waals surface area contributed by atoms with Crippen molar-refractivity contribution in [3.63, 3.8) is 0 Å². The molecule has 2 rings (SSSR count). The highest BCUT2D eigenvalue weighted by Crippen LogP contribution is 2.23. The molecule has 0 atom stereocenters. The van der Waals surface area contributed by atoms with E-state index in [2.05, 4.69) is 41.6 Å². The van der Waals surface area contributed by atoms with E-state index in [1.165, 1.54) is 12.1 Å². The Balaban J connectivity index is 0.00000364. The maximum Gasteiger partial charge on any atom is 0.191 e. The molecule has 0 saturated carbocycles. The molecule has 150 valence electrons. The Hall–Kier alpha value is -1.71. The molecule has 8 heteroatoms. The molecule has 0 saturated heterocycles. The Morgan fingerprint density at radius 1 is 1.19 bits per heavy atom. The maximum atomic E-state index is 13.1. The average molecular weight is 488 g/mol. The Morgan fingerprint density at radius 2 is 1.89 bits per heavy atom. The third-order valence-corrected chi connectivity index (χ3v) is 4.26. The summed E-state index contributed by atoms with van der Waals surface area (Å²) in [7, 11) is 0. The highest BCUT2D eigenvalue weighted by Gasteiger charge is 2.20. The van der Waals surface area contributed by atoms with E-state index in [-0.39, 0.29) is 35.2 Å². The first kappa shape index (κ1) is 23.3. The largest absolute Gasteiger partial charge is 0.357 e. The number of benzene rings is 1. The zero-order chi connectivity index (χ0) is 19.0. The molecule has 1 heterocycles. The molecular weight excluding hydrogens is 458 g/mol. The minimum Gasteiger partial charge on any atom is -0.357 e. The number of hydrogen-bond donors (Lipinski definition) is 2. The highest BCUT2D eigenvalue weighted by molar-refractivity contribution is 14.0. The topological polar surface area (TPSA) is 67.1 Å². The molecular formula is C19H30FIN6. The van der Waals surface area contributed by atoms with Crippen molar-refractivity contribution in [2.24, 2.45) is 4.99 Å². The summed E-state index contributed by atoms with van der Waals surface area (Å²) in [6, 6.07) is 6.64. The van der Waals surface area contributed by atoms with Crippen LogP contribution >= 0.6 is 24.0 Å². The number of guanidine groups is 1. The van der Waals surface area contributed by atoms with Crippen molar-refractivity contribution in [3.8, 4) is 0 Å². The fraction of sp³-hybridized carbons (Fsp3) is 0.526. The number of nitrogens with zero attached hydrogens (tertiary/aromatic N) is 4. The molecule has 1 aromatic heterocycles. The predicted molar refractivity (Wildman–Crippen MR) is 118 cm³/mol. The van der Waals surface area contributed by atoms with E-state index < -0.39 is 0 Å². The van der Waals surface area contributed by atoms with Gasteiger partial charge < -0.3 is 15.2 Å². The van der Waals surface area contributed by atoms with Gasteiger partial charge in [0.25, 0.3) is 0 Å². The summed E-state index contributed by atoms with van der Waals surface area (Å²) in [6.07, 6.45) is 2.61. The lowest BCUT2D eigenvalue weighted by Gasteiger charge is -2.24. The van der Waals surface area contributed by atoms with Crippen molar-refractivity contribution in [1.29, 1.82) is 0 Å². The van der Waals surface area contributed by atoms with Crippen LogP contribution in [0.4, 0.5) is 4.39 Å². The second-order valence-corrected chi connectivity index (χ2v) is 6.81. The van der Waals surface area contributed by atoms with Crippen LogP contribution in [0.3, 0.4) is 0 Å². The van der Waals surface area contributed by atoms with Gasteiger partial charge in [-0.3, -0.25) is 4.99 Å². The zero-order valence-corrected chi connectivity index (χ0v) is 18.8.